The minimum absolute atomic E-state index is 0.00878. The van der Waals surface area contributed by atoms with Gasteiger partial charge in [0.15, 0.2) is 0 Å². The smallest absolute Gasteiger partial charge is 0.379 e. The van der Waals surface area contributed by atoms with E-state index in [1.54, 1.807) is 13.8 Å². The zero-order valence-electron chi connectivity index (χ0n) is 67.9. The molecular formula is C89H126N6O15P2. The Balaban J connectivity index is 6.25. The molecule has 6 N–H and O–H groups in total. The molecule has 0 saturated carbocycles. The summed E-state index contributed by atoms with van der Waals surface area (Å²) in [5.41, 5.74) is 0. The molecule has 0 aliphatic carbocycles. The zero-order chi connectivity index (χ0) is 82.0. The second-order valence-electron chi connectivity index (χ2n) is 25.9. The van der Waals surface area contributed by atoms with E-state index in [4.69, 9.17) is 36.6 Å². The van der Waals surface area contributed by atoms with Crippen LogP contribution in [-0.4, -0.2) is 133 Å². The van der Waals surface area contributed by atoms with Crippen molar-refractivity contribution in [3.05, 3.63) is 25.3 Å². The topological polar surface area (TPSA) is 266 Å². The molecular weight excluding hydrogens is 1450 g/mol. The lowest BCUT2D eigenvalue weighted by atomic mass is 10.0. The van der Waals surface area contributed by atoms with Crippen molar-refractivity contribution in [3.63, 3.8) is 0 Å². The lowest BCUT2D eigenvalue weighted by molar-refractivity contribution is -0.123. The van der Waals surface area contributed by atoms with E-state index in [1.165, 1.54) is 89.2 Å². The molecule has 0 aromatic carbocycles. The van der Waals surface area contributed by atoms with Crippen LogP contribution in [0.25, 0.3) is 0 Å². The lowest BCUT2D eigenvalue weighted by Gasteiger charge is -2.23. The van der Waals surface area contributed by atoms with Gasteiger partial charge in [0.25, 0.3) is 11.8 Å². The first-order valence-electron chi connectivity index (χ1n) is 40.2. The summed E-state index contributed by atoms with van der Waals surface area (Å²) in [5, 5.41) is 17.0. The molecule has 0 aromatic heterocycles. The van der Waals surface area contributed by atoms with Gasteiger partial charge >= 0.3 is 21.7 Å². The molecule has 0 bridgehead atoms. The molecule has 0 aromatic rings. The van der Waals surface area contributed by atoms with Gasteiger partial charge in [0.2, 0.25) is 11.8 Å². The standard InChI is InChI=1S/C89H126N6O15P2/c1-9-17-23-29-33-37-39-43-47-53-59-65-87(98)94-83(77-103-73-67-81(61-55-49-27-21-13-5)92-85(96)63-57-51-45-41-35-31-25-19-11-3)79-109-111(101,105-71-15-7)107-75-69-90-89(100)91-70-76-108-112(102,106-72-16-8)110-80-84(95-88(99)66-60-54-48-44-40-38-34-30-24-18-10-2)78-104-74-68-82(62-56-50-28-22-14-6)93-86(97)64-58-52-46-42-36-32-26-20-12-4/h15-16,81-84H,7-8,11-14,19-22,25-28,31-32,35-36,41-42,45-46,49-52,55-58,61-64,67-80H2,1-6H3,(H,92,96)(H,93,97)(H,94,98)(H,95,99)(H2,90,91,100)/t81-,82-,83+,84+,111?,112?/m0/s1. The minimum atomic E-state index is -4.43. The average Bonchev–Trinajstić information content (AvgIpc) is 0.889. The molecule has 21 nitrogen and oxygen atoms in total. The van der Waals surface area contributed by atoms with Crippen LogP contribution in [0.5, 0.6) is 0 Å². The van der Waals surface area contributed by atoms with E-state index < -0.39 is 58.8 Å². The fourth-order valence-electron chi connectivity index (χ4n) is 10.3. The average molecular weight is 1580 g/mol. The van der Waals surface area contributed by atoms with Crippen molar-refractivity contribution in [1.29, 1.82) is 0 Å². The van der Waals surface area contributed by atoms with Gasteiger partial charge in [-0.05, 0) is 171 Å². The summed E-state index contributed by atoms with van der Waals surface area (Å²) < 4.78 is 74.1. The Hall–Kier alpha value is -8.51. The van der Waals surface area contributed by atoms with Crippen LogP contribution in [0.15, 0.2) is 25.3 Å². The fourth-order valence-corrected chi connectivity index (χ4v) is 12.7. The van der Waals surface area contributed by atoms with Crippen molar-refractivity contribution in [2.45, 2.75) is 284 Å². The Labute approximate surface area is 674 Å². The lowest BCUT2D eigenvalue weighted by Crippen LogP contribution is -2.41. The molecule has 0 aliphatic rings. The number of ether oxygens (including phenoxy) is 2. The maximum Gasteiger partial charge on any atom is 0.475 e. The number of urea groups is 1. The summed E-state index contributed by atoms with van der Waals surface area (Å²) in [6.07, 6.45) is 37.6. The van der Waals surface area contributed by atoms with E-state index in [0.717, 1.165) is 116 Å². The first-order chi connectivity index (χ1) is 54.6. The third-order valence-electron chi connectivity index (χ3n) is 16.2. The Kier molecular flexibility index (Phi) is 71.9. The minimum Gasteiger partial charge on any atom is -0.379 e. The van der Waals surface area contributed by atoms with Gasteiger partial charge in [-0.3, -0.25) is 46.3 Å². The van der Waals surface area contributed by atoms with Crippen molar-refractivity contribution in [1.82, 2.24) is 31.9 Å². The van der Waals surface area contributed by atoms with Crippen LogP contribution < -0.4 is 31.9 Å². The number of phosphoric acid groups is 2. The molecule has 6 atom stereocenters. The van der Waals surface area contributed by atoms with Crippen LogP contribution >= 0.6 is 15.6 Å². The Morgan fingerprint density at radius 3 is 0.938 bits per heavy atom. The van der Waals surface area contributed by atoms with E-state index in [2.05, 4.69) is 215 Å². The number of rotatable bonds is 66. The molecule has 0 rings (SSSR count). The van der Waals surface area contributed by atoms with Gasteiger partial charge in [-0.15, -0.1) is 13.2 Å². The SMILES string of the molecule is C=CCOP(=O)(OCCNC(=O)NCCOP(=O)(OCC=C)OC[C@@H](COCC[C@H](CCCCCCC)NC(=O)CCCCCCCCCCC)NC(=O)C#CC#CC#CC#CC#CC#CC)OC[C@@H](COCC[C@H](CCCCCCC)NC(=O)CCCCCCCCCCC)NC(=O)C#CC#CC#CC#CC#CC#CC. The monoisotopic (exact) mass is 1580 g/mol. The van der Waals surface area contributed by atoms with E-state index in [9.17, 15) is 33.1 Å². The molecule has 2 unspecified atom stereocenters. The van der Waals surface area contributed by atoms with Crippen molar-refractivity contribution < 1.29 is 69.7 Å². The summed E-state index contributed by atoms with van der Waals surface area (Å²) in [4.78, 5) is 65.8. The summed E-state index contributed by atoms with van der Waals surface area (Å²) >= 11 is 0. The molecule has 0 fully saturated rings. The molecule has 0 radical (unpaired) electrons. The molecule has 112 heavy (non-hydrogen) atoms. The van der Waals surface area contributed by atoms with Crippen LogP contribution in [0.3, 0.4) is 0 Å². The van der Waals surface area contributed by atoms with Crippen molar-refractivity contribution in [2.24, 2.45) is 0 Å². The zero-order valence-corrected chi connectivity index (χ0v) is 69.7. The maximum atomic E-state index is 14.1. The number of carbonyl (C=O) groups excluding carboxylic acids is 5. The highest BCUT2D eigenvalue weighted by molar-refractivity contribution is 7.48. The number of phosphoric ester groups is 2. The van der Waals surface area contributed by atoms with Gasteiger partial charge in [-0.25, -0.2) is 13.9 Å². The maximum absolute atomic E-state index is 14.1. The Bertz CT molecular complexity index is 3390. The number of unbranched alkanes of at least 4 members (excludes halogenated alkanes) is 24. The quantitative estimate of drug-likeness (QED) is 0.0143. The number of hydrogen-bond donors (Lipinski definition) is 6. The first-order valence-corrected chi connectivity index (χ1v) is 43.1. The van der Waals surface area contributed by atoms with Gasteiger partial charge in [-0.1, -0.05) is 219 Å². The first kappa shape index (κ1) is 103. The van der Waals surface area contributed by atoms with Gasteiger partial charge in [0, 0.05) is 63.1 Å². The van der Waals surface area contributed by atoms with Gasteiger partial charge in [0.1, 0.15) is 0 Å². The third-order valence-corrected chi connectivity index (χ3v) is 19.0. The highest BCUT2D eigenvalue weighted by Crippen LogP contribution is 2.50. The van der Waals surface area contributed by atoms with E-state index in [1.807, 2.05) is 0 Å². The molecule has 0 heterocycles. The van der Waals surface area contributed by atoms with Gasteiger partial charge < -0.3 is 41.4 Å². The van der Waals surface area contributed by atoms with E-state index in [-0.39, 0.29) is 89.8 Å². The predicted octanol–water partition coefficient (Wildman–Crippen LogP) is 14.4. The van der Waals surface area contributed by atoms with Crippen molar-refractivity contribution in [3.8, 4) is 142 Å². The summed E-state index contributed by atoms with van der Waals surface area (Å²) in [6.45, 7) is 16.9. The van der Waals surface area contributed by atoms with Gasteiger partial charge in [0.05, 0.1) is 64.9 Å². The van der Waals surface area contributed by atoms with E-state index in [0.29, 0.717) is 25.7 Å². The number of amides is 6. The number of carbonyl (C=O) groups is 5. The molecule has 0 spiro atoms. The summed E-state index contributed by atoms with van der Waals surface area (Å²) in [7, 11) is -8.86. The number of nitrogens with one attached hydrogen (secondary N) is 6. The number of hydrogen-bond acceptors (Lipinski definition) is 15. The summed E-state index contributed by atoms with van der Waals surface area (Å²) in [5.74, 6) is 58.7. The molecule has 23 heteroatoms. The van der Waals surface area contributed by atoms with Crippen LogP contribution in [0, 0.1) is 142 Å². The second kappa shape index (κ2) is 77.8. The van der Waals surface area contributed by atoms with Crippen LogP contribution in [-0.2, 0) is 64.9 Å². The highest BCUT2D eigenvalue weighted by Gasteiger charge is 2.31. The largest absolute Gasteiger partial charge is 0.475 e. The highest BCUT2D eigenvalue weighted by atomic mass is 31.2. The molecule has 0 saturated heterocycles. The Morgan fingerprint density at radius 1 is 0.330 bits per heavy atom. The molecule has 612 valence electrons. The van der Waals surface area contributed by atoms with Crippen LogP contribution in [0.4, 0.5) is 4.79 Å². The predicted molar refractivity (Wildman–Crippen MR) is 446 cm³/mol. The van der Waals surface area contributed by atoms with Crippen molar-refractivity contribution in [2.75, 3.05) is 79.2 Å². The van der Waals surface area contributed by atoms with E-state index >= 15 is 0 Å². The third kappa shape index (κ3) is 69.4. The second-order valence-corrected chi connectivity index (χ2v) is 29.3. The molecule has 0 aliphatic heterocycles. The normalized spacial score (nSPS) is 12.0. The molecule has 6 amide bonds. The summed E-state index contributed by atoms with van der Waals surface area (Å²) in [6, 6.07) is -2.92. The van der Waals surface area contributed by atoms with Crippen molar-refractivity contribution >= 4 is 45.3 Å². The van der Waals surface area contributed by atoms with Crippen LogP contribution in [0.1, 0.15) is 260 Å². The van der Waals surface area contributed by atoms with Crippen LogP contribution in [0.2, 0.25) is 0 Å². The Morgan fingerprint density at radius 2 is 0.625 bits per heavy atom. The van der Waals surface area contributed by atoms with Gasteiger partial charge in [-0.2, -0.15) is 0 Å². The fraction of sp³-hybridized carbons (Fsp3) is 0.629.